The molecule has 3 aromatic heterocycles. The third-order valence-electron chi connectivity index (χ3n) is 5.22. The number of para-hydroxylation sites is 1. The molecule has 1 N–H and O–H groups in total. The number of carbonyl (C=O) groups is 1. The molecule has 32 heavy (non-hydrogen) atoms. The second kappa shape index (κ2) is 8.43. The van der Waals surface area contributed by atoms with Crippen LogP contribution in [0.15, 0.2) is 95.7 Å². The summed E-state index contributed by atoms with van der Waals surface area (Å²) in [5, 5.41) is 3.53. The van der Waals surface area contributed by atoms with Gasteiger partial charge in [-0.15, -0.1) is 0 Å². The topological polar surface area (TPSA) is 68.8 Å². The van der Waals surface area contributed by atoms with Crippen LogP contribution in [0, 0.1) is 6.92 Å². The van der Waals surface area contributed by atoms with E-state index in [2.05, 4.69) is 17.4 Å². The van der Waals surface area contributed by atoms with Crippen LogP contribution in [0.4, 0.5) is 5.82 Å². The number of fused-ring (bicyclic) bond motifs is 1. The lowest BCUT2D eigenvalue weighted by atomic mass is 10.1. The minimum atomic E-state index is -0.554. The number of anilines is 1. The molecule has 0 saturated heterocycles. The Morgan fingerprint density at radius 2 is 1.81 bits per heavy atom. The Bertz CT molecular complexity index is 1370. The lowest BCUT2D eigenvalue weighted by Gasteiger charge is -2.12. The first-order valence-electron chi connectivity index (χ1n) is 10.3. The second-order valence-corrected chi connectivity index (χ2v) is 7.40. The van der Waals surface area contributed by atoms with Gasteiger partial charge in [-0.3, -0.25) is 4.40 Å². The summed E-state index contributed by atoms with van der Waals surface area (Å²) in [6, 6.07) is 24.8. The van der Waals surface area contributed by atoms with Crippen LogP contribution in [-0.4, -0.2) is 15.4 Å². The van der Waals surface area contributed by atoms with Crippen LogP contribution < -0.4 is 10.1 Å². The monoisotopic (exact) mass is 423 g/mol. The van der Waals surface area contributed by atoms with E-state index in [0.29, 0.717) is 23.6 Å². The average Bonchev–Trinajstić information content (AvgIpc) is 3.48. The standard InChI is InChI=1S/C26H21N3O3/c1-18-9-7-15-29-24(18)28-23(25(29)27-17-19-10-3-2-4-11-19)20-12-5-6-13-21(20)32-26(30)22-14-8-16-31-22/h2-16,27H,17H2,1H3. The van der Waals surface area contributed by atoms with Gasteiger partial charge in [-0.05, 0) is 48.4 Å². The van der Waals surface area contributed by atoms with Gasteiger partial charge in [-0.1, -0.05) is 48.5 Å². The highest BCUT2D eigenvalue weighted by molar-refractivity contribution is 5.90. The number of ether oxygens (including phenoxy) is 1. The summed E-state index contributed by atoms with van der Waals surface area (Å²) in [5.41, 5.74) is 4.46. The van der Waals surface area contributed by atoms with Crippen molar-refractivity contribution < 1.29 is 13.9 Å². The third-order valence-corrected chi connectivity index (χ3v) is 5.22. The summed E-state index contributed by atoms with van der Waals surface area (Å²) < 4.78 is 12.9. The maximum Gasteiger partial charge on any atom is 0.379 e. The molecule has 0 amide bonds. The van der Waals surface area contributed by atoms with E-state index in [1.807, 2.05) is 66.1 Å². The lowest BCUT2D eigenvalue weighted by molar-refractivity contribution is 0.0702. The summed E-state index contributed by atoms with van der Waals surface area (Å²) in [5.74, 6) is 0.834. The zero-order valence-corrected chi connectivity index (χ0v) is 17.5. The largest absolute Gasteiger partial charge is 0.457 e. The Morgan fingerprint density at radius 1 is 1.00 bits per heavy atom. The first kappa shape index (κ1) is 19.6. The predicted molar refractivity (Wildman–Crippen MR) is 123 cm³/mol. The number of esters is 1. The maximum absolute atomic E-state index is 12.5. The summed E-state index contributed by atoms with van der Waals surface area (Å²) >= 11 is 0. The number of imidazole rings is 1. The van der Waals surface area contributed by atoms with Crippen LogP contribution in [0.2, 0.25) is 0 Å². The molecule has 0 aliphatic heterocycles. The fourth-order valence-corrected chi connectivity index (χ4v) is 3.64. The summed E-state index contributed by atoms with van der Waals surface area (Å²) in [6.07, 6.45) is 3.42. The van der Waals surface area contributed by atoms with Gasteiger partial charge in [0.1, 0.15) is 22.9 Å². The molecule has 5 rings (SSSR count). The Labute approximate surface area is 185 Å². The van der Waals surface area contributed by atoms with E-state index in [9.17, 15) is 4.79 Å². The fraction of sp³-hybridized carbons (Fsp3) is 0.0769. The molecule has 6 heteroatoms. The molecule has 0 aliphatic carbocycles. The van der Waals surface area contributed by atoms with Crippen molar-refractivity contribution in [1.29, 1.82) is 0 Å². The molecule has 5 aromatic rings. The molecule has 0 unspecified atom stereocenters. The Morgan fingerprint density at radius 3 is 2.62 bits per heavy atom. The van der Waals surface area contributed by atoms with E-state index in [1.54, 1.807) is 18.2 Å². The molecule has 0 atom stereocenters. The number of nitrogens with one attached hydrogen (secondary N) is 1. The van der Waals surface area contributed by atoms with Crippen molar-refractivity contribution in [3.05, 3.63) is 108 Å². The SMILES string of the molecule is Cc1cccn2c(NCc3ccccc3)c(-c3ccccc3OC(=O)c3ccco3)nc12. The molecule has 0 aliphatic rings. The summed E-state index contributed by atoms with van der Waals surface area (Å²) in [4.78, 5) is 17.4. The first-order chi connectivity index (χ1) is 15.7. The van der Waals surface area contributed by atoms with Gasteiger partial charge in [-0.25, -0.2) is 9.78 Å². The number of aromatic nitrogens is 2. The maximum atomic E-state index is 12.5. The zero-order chi connectivity index (χ0) is 21.9. The number of hydrogen-bond donors (Lipinski definition) is 1. The number of furan rings is 1. The normalized spacial score (nSPS) is 10.9. The third kappa shape index (κ3) is 3.74. The highest BCUT2D eigenvalue weighted by Gasteiger charge is 2.21. The minimum absolute atomic E-state index is 0.146. The molecule has 0 fully saturated rings. The van der Waals surface area contributed by atoms with Gasteiger partial charge in [0, 0.05) is 18.3 Å². The van der Waals surface area contributed by atoms with Crippen molar-refractivity contribution in [2.24, 2.45) is 0 Å². The molecule has 3 heterocycles. The van der Waals surface area contributed by atoms with Crippen LogP contribution in [0.3, 0.4) is 0 Å². The lowest BCUT2D eigenvalue weighted by Crippen LogP contribution is -2.08. The number of benzene rings is 2. The van der Waals surface area contributed by atoms with Crippen LogP contribution in [0.25, 0.3) is 16.9 Å². The summed E-state index contributed by atoms with van der Waals surface area (Å²) in [6.45, 7) is 2.65. The van der Waals surface area contributed by atoms with E-state index in [4.69, 9.17) is 14.1 Å². The first-order valence-corrected chi connectivity index (χ1v) is 10.3. The number of hydrogen-bond acceptors (Lipinski definition) is 5. The number of nitrogens with zero attached hydrogens (tertiary/aromatic N) is 2. The van der Waals surface area contributed by atoms with Crippen molar-refractivity contribution in [3.8, 4) is 17.0 Å². The van der Waals surface area contributed by atoms with Crippen molar-refractivity contribution in [2.45, 2.75) is 13.5 Å². The molecule has 0 radical (unpaired) electrons. The zero-order valence-electron chi connectivity index (χ0n) is 17.5. The minimum Gasteiger partial charge on any atom is -0.457 e. The number of pyridine rings is 1. The fourth-order valence-electron chi connectivity index (χ4n) is 3.64. The molecule has 158 valence electrons. The molecule has 0 saturated carbocycles. The van der Waals surface area contributed by atoms with E-state index in [0.717, 1.165) is 22.6 Å². The molecular weight excluding hydrogens is 402 g/mol. The van der Waals surface area contributed by atoms with Crippen LogP contribution >= 0.6 is 0 Å². The molecule has 0 bridgehead atoms. The second-order valence-electron chi connectivity index (χ2n) is 7.40. The highest BCUT2D eigenvalue weighted by Crippen LogP contribution is 2.36. The summed E-state index contributed by atoms with van der Waals surface area (Å²) in [7, 11) is 0. The van der Waals surface area contributed by atoms with Gasteiger partial charge in [0.15, 0.2) is 0 Å². The Kier molecular flexibility index (Phi) is 5.17. The molecule has 0 spiro atoms. The van der Waals surface area contributed by atoms with Crippen LogP contribution in [0.1, 0.15) is 21.7 Å². The number of rotatable bonds is 6. The Hall–Kier alpha value is -4.32. The van der Waals surface area contributed by atoms with Gasteiger partial charge in [-0.2, -0.15) is 0 Å². The van der Waals surface area contributed by atoms with Crippen molar-refractivity contribution in [1.82, 2.24) is 9.38 Å². The van der Waals surface area contributed by atoms with Crippen molar-refractivity contribution in [3.63, 3.8) is 0 Å². The highest BCUT2D eigenvalue weighted by atomic mass is 16.5. The smallest absolute Gasteiger partial charge is 0.379 e. The van der Waals surface area contributed by atoms with Crippen LogP contribution in [0.5, 0.6) is 5.75 Å². The number of aryl methyl sites for hydroxylation is 1. The van der Waals surface area contributed by atoms with E-state index in [1.165, 1.54) is 6.26 Å². The van der Waals surface area contributed by atoms with E-state index in [-0.39, 0.29) is 5.76 Å². The predicted octanol–water partition coefficient (Wildman–Crippen LogP) is 5.73. The van der Waals surface area contributed by atoms with Crippen molar-refractivity contribution >= 4 is 17.4 Å². The van der Waals surface area contributed by atoms with Crippen molar-refractivity contribution in [2.75, 3.05) is 5.32 Å². The molecular formula is C26H21N3O3. The number of carbonyl (C=O) groups excluding carboxylic acids is 1. The van der Waals surface area contributed by atoms with Crippen LogP contribution in [-0.2, 0) is 6.54 Å². The quantitative estimate of drug-likeness (QED) is 0.279. The molecule has 6 nitrogen and oxygen atoms in total. The van der Waals surface area contributed by atoms with Gasteiger partial charge in [0.2, 0.25) is 5.76 Å². The van der Waals surface area contributed by atoms with E-state index < -0.39 is 5.97 Å². The van der Waals surface area contributed by atoms with Gasteiger partial charge >= 0.3 is 5.97 Å². The van der Waals surface area contributed by atoms with E-state index >= 15 is 0 Å². The molecule has 2 aromatic carbocycles. The van der Waals surface area contributed by atoms with Gasteiger partial charge in [0.05, 0.1) is 6.26 Å². The van der Waals surface area contributed by atoms with Gasteiger partial charge in [0.25, 0.3) is 0 Å². The average molecular weight is 423 g/mol. The van der Waals surface area contributed by atoms with Gasteiger partial charge < -0.3 is 14.5 Å². The Balaban J connectivity index is 1.58.